The number of anilines is 1. The molecule has 6 heteroatoms. The van der Waals surface area contributed by atoms with Gasteiger partial charge in [-0.25, -0.2) is 0 Å². The normalized spacial score (nSPS) is 18.2. The average Bonchev–Trinajstić information content (AvgIpc) is 2.49. The minimum atomic E-state index is -0.814. The van der Waals surface area contributed by atoms with Gasteiger partial charge in [0, 0.05) is 10.4 Å². The predicted octanol–water partition coefficient (Wildman–Crippen LogP) is 2.57. The zero-order valence-corrected chi connectivity index (χ0v) is 13.5. The molecule has 1 aromatic carbocycles. The molecule has 21 heavy (non-hydrogen) atoms. The van der Waals surface area contributed by atoms with E-state index in [0.29, 0.717) is 25.9 Å². The molecule has 1 amide bonds. The highest BCUT2D eigenvalue weighted by Gasteiger charge is 2.29. The maximum absolute atomic E-state index is 12.3. The van der Waals surface area contributed by atoms with Gasteiger partial charge in [0.05, 0.1) is 5.69 Å². The van der Waals surface area contributed by atoms with Crippen LogP contribution >= 0.6 is 15.9 Å². The predicted molar refractivity (Wildman–Crippen MR) is 84.2 cm³/mol. The Morgan fingerprint density at radius 1 is 1.33 bits per heavy atom. The van der Waals surface area contributed by atoms with Crippen molar-refractivity contribution in [3.05, 3.63) is 28.7 Å². The van der Waals surface area contributed by atoms with Crippen LogP contribution in [0.5, 0.6) is 0 Å². The highest BCUT2D eigenvalue weighted by Crippen LogP contribution is 2.25. The van der Waals surface area contributed by atoms with Gasteiger partial charge in [0.1, 0.15) is 6.04 Å². The van der Waals surface area contributed by atoms with Crippen LogP contribution in [0.1, 0.15) is 19.8 Å². The summed E-state index contributed by atoms with van der Waals surface area (Å²) in [6.45, 7) is 2.97. The number of nitrogens with zero attached hydrogens (tertiary/aromatic N) is 1. The van der Waals surface area contributed by atoms with Crippen LogP contribution in [0, 0.1) is 5.92 Å². The molecule has 1 atom stereocenters. The Morgan fingerprint density at radius 3 is 2.52 bits per heavy atom. The van der Waals surface area contributed by atoms with E-state index in [4.69, 9.17) is 5.11 Å². The molecule has 2 N–H and O–H groups in total. The van der Waals surface area contributed by atoms with E-state index >= 15 is 0 Å². The maximum atomic E-state index is 12.3. The van der Waals surface area contributed by atoms with E-state index in [2.05, 4.69) is 21.2 Å². The second-order valence-electron chi connectivity index (χ2n) is 5.29. The fourth-order valence-electron chi connectivity index (χ4n) is 2.50. The van der Waals surface area contributed by atoms with E-state index in [9.17, 15) is 9.59 Å². The van der Waals surface area contributed by atoms with Crippen molar-refractivity contribution in [2.45, 2.75) is 25.8 Å². The van der Waals surface area contributed by atoms with Gasteiger partial charge in [0.15, 0.2) is 0 Å². The molecule has 0 saturated carbocycles. The number of benzene rings is 1. The number of carbonyl (C=O) groups excluding carboxylic acids is 1. The number of rotatable bonds is 4. The lowest BCUT2D eigenvalue weighted by molar-refractivity contribution is -0.143. The third-order valence-electron chi connectivity index (χ3n) is 3.94. The van der Waals surface area contributed by atoms with E-state index in [1.54, 1.807) is 6.92 Å². The Labute approximate surface area is 132 Å². The Bertz CT molecular complexity index is 527. The van der Waals surface area contributed by atoms with Crippen LogP contribution in [0.4, 0.5) is 5.69 Å². The van der Waals surface area contributed by atoms with Gasteiger partial charge < -0.3 is 10.4 Å². The summed E-state index contributed by atoms with van der Waals surface area (Å²) in [6.07, 6.45) is 1.38. The Balaban J connectivity index is 1.89. The minimum absolute atomic E-state index is 0.00419. The third kappa shape index (κ3) is 4.04. The first-order valence-electron chi connectivity index (χ1n) is 7.01. The van der Waals surface area contributed by atoms with E-state index < -0.39 is 12.0 Å². The molecule has 1 aliphatic rings. The zero-order chi connectivity index (χ0) is 15.4. The molecule has 1 aliphatic heterocycles. The Kier molecular flexibility index (Phi) is 5.36. The lowest BCUT2D eigenvalue weighted by Crippen LogP contribution is -2.45. The molecule has 2 rings (SSSR count). The van der Waals surface area contributed by atoms with E-state index in [1.165, 1.54) is 0 Å². The van der Waals surface area contributed by atoms with Crippen molar-refractivity contribution < 1.29 is 14.7 Å². The summed E-state index contributed by atoms with van der Waals surface area (Å²) in [5, 5.41) is 11.9. The number of carboxylic acids is 1. The molecule has 1 unspecified atom stereocenters. The summed E-state index contributed by atoms with van der Waals surface area (Å²) in [7, 11) is 0. The number of hydrogen-bond donors (Lipinski definition) is 2. The number of amides is 1. The standard InChI is InChI=1S/C15H19BrN2O3/c1-10(15(20)21)18-8-6-11(7-9-18)14(19)17-13-5-3-2-4-12(13)16/h2-5,10-11H,6-9H2,1H3,(H,17,19)(H,20,21). The van der Waals surface area contributed by atoms with Crippen molar-refractivity contribution in [2.24, 2.45) is 5.92 Å². The highest BCUT2D eigenvalue weighted by atomic mass is 79.9. The molecule has 0 spiro atoms. The van der Waals surface area contributed by atoms with E-state index in [1.807, 2.05) is 29.2 Å². The van der Waals surface area contributed by atoms with Crippen LogP contribution in [-0.2, 0) is 9.59 Å². The van der Waals surface area contributed by atoms with E-state index in [0.717, 1.165) is 10.2 Å². The number of carboxylic acid groups (broad SMARTS) is 1. The topological polar surface area (TPSA) is 69.6 Å². The molecule has 0 aromatic heterocycles. The van der Waals surface area contributed by atoms with Gasteiger partial charge in [0.25, 0.3) is 0 Å². The summed E-state index contributed by atoms with van der Waals surface area (Å²) in [4.78, 5) is 25.1. The van der Waals surface area contributed by atoms with Gasteiger partial charge in [-0.2, -0.15) is 0 Å². The summed E-state index contributed by atoms with van der Waals surface area (Å²) in [6, 6.07) is 7.01. The van der Waals surface area contributed by atoms with Crippen LogP contribution in [0.3, 0.4) is 0 Å². The van der Waals surface area contributed by atoms with Crippen LogP contribution in [0.2, 0.25) is 0 Å². The van der Waals surface area contributed by atoms with Crippen molar-refractivity contribution >= 4 is 33.5 Å². The molecule has 1 aromatic rings. The summed E-state index contributed by atoms with van der Waals surface area (Å²) >= 11 is 3.41. The Morgan fingerprint density at radius 2 is 1.95 bits per heavy atom. The fourth-order valence-corrected chi connectivity index (χ4v) is 2.89. The number of aliphatic carboxylic acids is 1. The molecule has 1 fully saturated rings. The number of halogens is 1. The zero-order valence-electron chi connectivity index (χ0n) is 11.9. The molecule has 114 valence electrons. The average molecular weight is 355 g/mol. The Hall–Kier alpha value is -1.40. The molecular formula is C15H19BrN2O3. The van der Waals surface area contributed by atoms with Crippen LogP contribution < -0.4 is 5.32 Å². The van der Waals surface area contributed by atoms with Crippen molar-refractivity contribution in [1.82, 2.24) is 4.90 Å². The van der Waals surface area contributed by atoms with Crippen molar-refractivity contribution in [1.29, 1.82) is 0 Å². The minimum Gasteiger partial charge on any atom is -0.480 e. The number of nitrogens with one attached hydrogen (secondary N) is 1. The van der Waals surface area contributed by atoms with Gasteiger partial charge >= 0.3 is 5.97 Å². The van der Waals surface area contributed by atoms with Crippen molar-refractivity contribution in [3.63, 3.8) is 0 Å². The molecule has 1 heterocycles. The largest absolute Gasteiger partial charge is 0.480 e. The number of para-hydroxylation sites is 1. The second-order valence-corrected chi connectivity index (χ2v) is 6.15. The molecule has 1 saturated heterocycles. The van der Waals surface area contributed by atoms with Gasteiger partial charge in [-0.1, -0.05) is 12.1 Å². The third-order valence-corrected chi connectivity index (χ3v) is 4.63. The first kappa shape index (κ1) is 16.0. The van der Waals surface area contributed by atoms with Gasteiger partial charge in [0.2, 0.25) is 5.91 Å². The lowest BCUT2D eigenvalue weighted by Gasteiger charge is -2.33. The van der Waals surface area contributed by atoms with Crippen LogP contribution in [0.15, 0.2) is 28.7 Å². The molecular weight excluding hydrogens is 336 g/mol. The molecule has 0 bridgehead atoms. The maximum Gasteiger partial charge on any atom is 0.320 e. The number of likely N-dealkylation sites (tertiary alicyclic amines) is 1. The van der Waals surface area contributed by atoms with Crippen LogP contribution in [0.25, 0.3) is 0 Å². The quantitative estimate of drug-likeness (QED) is 0.871. The molecule has 0 radical (unpaired) electrons. The SMILES string of the molecule is CC(C(=O)O)N1CCC(C(=O)Nc2ccccc2Br)CC1. The summed E-state index contributed by atoms with van der Waals surface area (Å²) in [5.41, 5.74) is 0.767. The number of hydrogen-bond acceptors (Lipinski definition) is 3. The fraction of sp³-hybridized carbons (Fsp3) is 0.467. The second kappa shape index (κ2) is 7.04. The lowest BCUT2D eigenvalue weighted by atomic mass is 9.95. The van der Waals surface area contributed by atoms with E-state index in [-0.39, 0.29) is 11.8 Å². The van der Waals surface area contributed by atoms with Crippen molar-refractivity contribution in [2.75, 3.05) is 18.4 Å². The molecule has 5 nitrogen and oxygen atoms in total. The smallest absolute Gasteiger partial charge is 0.320 e. The molecule has 0 aliphatic carbocycles. The van der Waals surface area contributed by atoms with Gasteiger partial charge in [-0.05, 0) is 60.9 Å². The monoisotopic (exact) mass is 354 g/mol. The summed E-state index contributed by atoms with van der Waals surface area (Å²) in [5.74, 6) is -0.870. The van der Waals surface area contributed by atoms with Gasteiger partial charge in [-0.15, -0.1) is 0 Å². The highest BCUT2D eigenvalue weighted by molar-refractivity contribution is 9.10. The first-order chi connectivity index (χ1) is 9.99. The van der Waals surface area contributed by atoms with Gasteiger partial charge in [-0.3, -0.25) is 14.5 Å². The first-order valence-corrected chi connectivity index (χ1v) is 7.80. The summed E-state index contributed by atoms with van der Waals surface area (Å²) < 4.78 is 0.857. The number of carbonyl (C=O) groups is 2. The van der Waals surface area contributed by atoms with Crippen LogP contribution in [-0.4, -0.2) is 41.0 Å². The van der Waals surface area contributed by atoms with Crippen molar-refractivity contribution in [3.8, 4) is 0 Å². The number of piperidine rings is 1.